The molecule has 1 fully saturated rings. The third kappa shape index (κ3) is 4.60. The first-order chi connectivity index (χ1) is 15.9. The first-order valence-electron chi connectivity index (χ1n) is 10.7. The summed E-state index contributed by atoms with van der Waals surface area (Å²) in [5.74, 6) is -0.0263. The van der Waals surface area contributed by atoms with Crippen LogP contribution in [0.2, 0.25) is 0 Å². The number of nitrogens with zero attached hydrogens (tertiary/aromatic N) is 2. The van der Waals surface area contributed by atoms with Crippen molar-refractivity contribution < 1.29 is 28.5 Å². The van der Waals surface area contributed by atoms with Crippen molar-refractivity contribution in [3.05, 3.63) is 34.5 Å². The number of ether oxygens (including phenoxy) is 4. The fourth-order valence-electron chi connectivity index (χ4n) is 4.34. The SMILES string of the molecule is COc1ccc(C(=O)OCC(=O)Nc2c(C#N)c(C)c(C)n2C2CCCC2)c(OC)c1OC. The van der Waals surface area contributed by atoms with E-state index in [-0.39, 0.29) is 23.1 Å². The number of anilines is 1. The van der Waals surface area contributed by atoms with Gasteiger partial charge in [0.2, 0.25) is 5.75 Å². The van der Waals surface area contributed by atoms with Crippen LogP contribution in [-0.2, 0) is 9.53 Å². The lowest BCUT2D eigenvalue weighted by atomic mass is 10.1. The summed E-state index contributed by atoms with van der Waals surface area (Å²) in [5.41, 5.74) is 2.33. The van der Waals surface area contributed by atoms with Crippen molar-refractivity contribution in [2.75, 3.05) is 33.3 Å². The molecule has 1 aromatic heterocycles. The summed E-state index contributed by atoms with van der Waals surface area (Å²) in [6.45, 7) is 3.31. The number of nitriles is 1. The zero-order valence-electron chi connectivity index (χ0n) is 19.6. The molecule has 1 saturated carbocycles. The molecule has 1 aliphatic rings. The quantitative estimate of drug-likeness (QED) is 0.601. The summed E-state index contributed by atoms with van der Waals surface area (Å²) >= 11 is 0. The molecule has 2 aromatic rings. The number of carbonyl (C=O) groups excluding carboxylic acids is 2. The summed E-state index contributed by atoms with van der Waals surface area (Å²) < 4.78 is 23.1. The molecular formula is C24H29N3O6. The molecule has 0 bridgehead atoms. The Morgan fingerprint density at radius 3 is 2.33 bits per heavy atom. The van der Waals surface area contributed by atoms with Crippen LogP contribution in [0.3, 0.4) is 0 Å². The summed E-state index contributed by atoms with van der Waals surface area (Å²) in [6.07, 6.45) is 4.22. The summed E-state index contributed by atoms with van der Waals surface area (Å²) in [7, 11) is 4.30. The molecule has 1 aromatic carbocycles. The molecule has 0 spiro atoms. The molecule has 1 amide bonds. The van der Waals surface area contributed by atoms with Crippen molar-refractivity contribution in [3.63, 3.8) is 0 Å². The monoisotopic (exact) mass is 455 g/mol. The molecule has 0 unspecified atom stereocenters. The Balaban J connectivity index is 1.77. The van der Waals surface area contributed by atoms with Gasteiger partial charge in [-0.15, -0.1) is 0 Å². The number of benzene rings is 1. The number of carbonyl (C=O) groups is 2. The second-order valence-corrected chi connectivity index (χ2v) is 7.86. The molecule has 176 valence electrons. The Labute approximate surface area is 193 Å². The Kier molecular flexibility index (Phi) is 7.48. The van der Waals surface area contributed by atoms with Crippen LogP contribution in [0.1, 0.15) is 58.9 Å². The van der Waals surface area contributed by atoms with Gasteiger partial charge in [-0.05, 0) is 44.4 Å². The highest BCUT2D eigenvalue weighted by atomic mass is 16.5. The number of nitrogens with one attached hydrogen (secondary N) is 1. The van der Waals surface area contributed by atoms with Crippen LogP contribution in [0.25, 0.3) is 0 Å². The maximum absolute atomic E-state index is 12.7. The third-order valence-electron chi connectivity index (χ3n) is 6.07. The van der Waals surface area contributed by atoms with E-state index < -0.39 is 18.5 Å². The molecule has 0 saturated heterocycles. The molecule has 9 nitrogen and oxygen atoms in total. The zero-order valence-corrected chi connectivity index (χ0v) is 19.6. The number of methoxy groups -OCH3 is 3. The van der Waals surface area contributed by atoms with Crippen LogP contribution in [0.4, 0.5) is 5.82 Å². The van der Waals surface area contributed by atoms with Gasteiger partial charge in [0.25, 0.3) is 5.91 Å². The van der Waals surface area contributed by atoms with Crippen molar-refractivity contribution in [1.29, 1.82) is 5.26 Å². The second kappa shape index (κ2) is 10.3. The van der Waals surface area contributed by atoms with Crippen molar-refractivity contribution in [2.45, 2.75) is 45.6 Å². The first-order valence-corrected chi connectivity index (χ1v) is 10.7. The van der Waals surface area contributed by atoms with E-state index in [1.807, 2.05) is 18.4 Å². The molecule has 33 heavy (non-hydrogen) atoms. The summed E-state index contributed by atoms with van der Waals surface area (Å²) in [4.78, 5) is 25.4. The van der Waals surface area contributed by atoms with E-state index in [4.69, 9.17) is 18.9 Å². The maximum atomic E-state index is 12.7. The van der Waals surface area contributed by atoms with Crippen LogP contribution in [-0.4, -0.2) is 44.4 Å². The van der Waals surface area contributed by atoms with E-state index in [1.165, 1.54) is 27.4 Å². The minimum atomic E-state index is -0.748. The van der Waals surface area contributed by atoms with Crippen LogP contribution in [0.5, 0.6) is 17.2 Å². The van der Waals surface area contributed by atoms with E-state index >= 15 is 0 Å². The first kappa shape index (κ1) is 24.0. The summed E-state index contributed by atoms with van der Waals surface area (Å²) in [5, 5.41) is 12.5. The molecular weight excluding hydrogens is 426 g/mol. The van der Waals surface area contributed by atoms with Crippen molar-refractivity contribution >= 4 is 17.7 Å². The minimum absolute atomic E-state index is 0.0988. The lowest BCUT2D eigenvalue weighted by Gasteiger charge is -2.19. The van der Waals surface area contributed by atoms with Gasteiger partial charge in [-0.2, -0.15) is 5.26 Å². The Bertz CT molecular complexity index is 1090. The van der Waals surface area contributed by atoms with Gasteiger partial charge in [0, 0.05) is 11.7 Å². The maximum Gasteiger partial charge on any atom is 0.342 e. The standard InChI is InChI=1S/C24H29N3O6/c1-14-15(2)27(16-8-6-7-9-16)23(18(14)12-25)26-20(28)13-33-24(29)17-10-11-19(30-3)22(32-5)21(17)31-4/h10-11,16H,6-9,13H2,1-5H3,(H,26,28). The molecule has 0 aliphatic heterocycles. The second-order valence-electron chi connectivity index (χ2n) is 7.86. The third-order valence-corrected chi connectivity index (χ3v) is 6.07. The largest absolute Gasteiger partial charge is 0.493 e. The van der Waals surface area contributed by atoms with E-state index in [0.29, 0.717) is 17.1 Å². The van der Waals surface area contributed by atoms with Crippen LogP contribution >= 0.6 is 0 Å². The topological polar surface area (TPSA) is 112 Å². The number of aromatic nitrogens is 1. The Hall–Kier alpha value is -3.67. The lowest BCUT2D eigenvalue weighted by molar-refractivity contribution is -0.119. The number of rotatable bonds is 8. The fraction of sp³-hybridized carbons (Fsp3) is 0.458. The van der Waals surface area contributed by atoms with Crippen molar-refractivity contribution in [1.82, 2.24) is 4.57 Å². The summed E-state index contributed by atoms with van der Waals surface area (Å²) in [6, 6.07) is 5.46. The predicted octanol–water partition coefficient (Wildman–Crippen LogP) is 3.91. The molecule has 1 N–H and O–H groups in total. The highest BCUT2D eigenvalue weighted by Gasteiger charge is 2.27. The zero-order chi connectivity index (χ0) is 24.1. The van der Waals surface area contributed by atoms with Gasteiger partial charge >= 0.3 is 5.97 Å². The van der Waals surface area contributed by atoms with E-state index in [9.17, 15) is 14.9 Å². The van der Waals surface area contributed by atoms with Gasteiger partial charge in [-0.25, -0.2) is 4.79 Å². The van der Waals surface area contributed by atoms with Gasteiger partial charge in [-0.3, -0.25) is 4.79 Å². The normalized spacial score (nSPS) is 13.3. The van der Waals surface area contributed by atoms with Gasteiger partial charge in [0.05, 0.1) is 26.9 Å². The van der Waals surface area contributed by atoms with Gasteiger partial charge in [0.15, 0.2) is 18.1 Å². The number of amides is 1. The molecule has 1 aliphatic carbocycles. The average Bonchev–Trinajstić information content (AvgIpc) is 3.42. The Morgan fingerprint density at radius 2 is 1.76 bits per heavy atom. The fourth-order valence-corrected chi connectivity index (χ4v) is 4.34. The van der Waals surface area contributed by atoms with Gasteiger partial charge in [0.1, 0.15) is 17.5 Å². The number of esters is 1. The van der Waals surface area contributed by atoms with Crippen molar-refractivity contribution in [3.8, 4) is 23.3 Å². The predicted molar refractivity (Wildman–Crippen MR) is 121 cm³/mol. The lowest BCUT2D eigenvalue weighted by Crippen LogP contribution is -2.24. The van der Waals surface area contributed by atoms with Crippen LogP contribution in [0, 0.1) is 25.2 Å². The smallest absolute Gasteiger partial charge is 0.342 e. The van der Waals surface area contributed by atoms with E-state index in [2.05, 4.69) is 11.4 Å². The van der Waals surface area contributed by atoms with Gasteiger partial charge < -0.3 is 28.8 Å². The van der Waals surface area contributed by atoms with Crippen LogP contribution in [0.15, 0.2) is 12.1 Å². The van der Waals surface area contributed by atoms with Gasteiger partial charge in [-0.1, -0.05) is 12.8 Å². The molecule has 1 heterocycles. The number of hydrogen-bond donors (Lipinski definition) is 1. The van der Waals surface area contributed by atoms with Crippen molar-refractivity contribution in [2.24, 2.45) is 0 Å². The highest BCUT2D eigenvalue weighted by molar-refractivity contribution is 5.98. The van der Waals surface area contributed by atoms with E-state index in [1.54, 1.807) is 6.07 Å². The molecule has 9 heteroatoms. The van der Waals surface area contributed by atoms with E-state index in [0.717, 1.165) is 36.9 Å². The Morgan fingerprint density at radius 1 is 1.09 bits per heavy atom. The van der Waals surface area contributed by atoms with Crippen LogP contribution < -0.4 is 19.5 Å². The number of hydrogen-bond acceptors (Lipinski definition) is 7. The average molecular weight is 456 g/mol. The highest BCUT2D eigenvalue weighted by Crippen LogP contribution is 2.40. The molecule has 3 rings (SSSR count). The minimum Gasteiger partial charge on any atom is -0.493 e. The molecule has 0 atom stereocenters. The molecule has 0 radical (unpaired) electrons.